The van der Waals surface area contributed by atoms with Gasteiger partial charge >= 0.3 is 0 Å². The molecule has 144 valence electrons. The molecule has 3 N–H and O–H groups in total. The number of aliphatic hydroxyl groups is 1. The average molecular weight is 416 g/mol. The Kier molecular flexibility index (Phi) is 5.36. The van der Waals surface area contributed by atoms with Gasteiger partial charge in [0.05, 0.1) is 22.0 Å². The predicted molar refractivity (Wildman–Crippen MR) is 99.2 cm³/mol. The fraction of sp³-hybridized carbons (Fsp3) is 0.235. The lowest BCUT2D eigenvalue weighted by molar-refractivity contribution is 0.211. The first-order valence-corrected chi connectivity index (χ1v) is 10.1. The summed E-state index contributed by atoms with van der Waals surface area (Å²) >= 11 is 5.91. The zero-order valence-corrected chi connectivity index (χ0v) is 15.7. The van der Waals surface area contributed by atoms with Crippen molar-refractivity contribution >= 4 is 38.3 Å². The second-order valence-corrected chi connectivity index (χ2v) is 8.22. The van der Waals surface area contributed by atoms with Gasteiger partial charge < -0.3 is 10.1 Å². The summed E-state index contributed by atoms with van der Waals surface area (Å²) in [6.07, 6.45) is 1.39. The Bertz CT molecular complexity index is 1100. The third kappa shape index (κ3) is 3.90. The van der Waals surface area contributed by atoms with Gasteiger partial charge in [-0.05, 0) is 24.6 Å². The van der Waals surface area contributed by atoms with Crippen LogP contribution in [0.3, 0.4) is 0 Å². The number of hydrogen-bond donors (Lipinski definition) is 3. The van der Waals surface area contributed by atoms with Crippen LogP contribution in [-0.2, 0) is 10.0 Å². The molecule has 2 heterocycles. The van der Waals surface area contributed by atoms with E-state index in [1.54, 1.807) is 6.92 Å². The Morgan fingerprint density at radius 3 is 2.81 bits per heavy atom. The van der Waals surface area contributed by atoms with Crippen LogP contribution in [0.15, 0.2) is 30.6 Å². The van der Waals surface area contributed by atoms with Gasteiger partial charge in [0, 0.05) is 23.3 Å². The Morgan fingerprint density at radius 1 is 1.37 bits per heavy atom. The number of anilines is 1. The minimum atomic E-state index is -3.78. The van der Waals surface area contributed by atoms with Crippen molar-refractivity contribution in [2.24, 2.45) is 0 Å². The molecule has 0 fully saturated rings. The van der Waals surface area contributed by atoms with Crippen LogP contribution in [0.25, 0.3) is 11.0 Å². The number of aliphatic hydroxyl groups excluding tert-OH is 1. The summed E-state index contributed by atoms with van der Waals surface area (Å²) in [5.74, 6) is -2.41. The molecule has 0 bridgehead atoms. The predicted octanol–water partition coefficient (Wildman–Crippen LogP) is 3.73. The highest BCUT2D eigenvalue weighted by molar-refractivity contribution is 7.92. The highest BCUT2D eigenvalue weighted by Crippen LogP contribution is 2.34. The molecule has 0 aliphatic heterocycles. The van der Waals surface area contributed by atoms with Crippen LogP contribution in [0.1, 0.15) is 30.6 Å². The largest absolute Gasteiger partial charge is 0.383 e. The van der Waals surface area contributed by atoms with Crippen molar-refractivity contribution in [3.05, 3.63) is 58.4 Å². The van der Waals surface area contributed by atoms with Gasteiger partial charge in [0.1, 0.15) is 17.6 Å². The first-order valence-electron chi connectivity index (χ1n) is 8.02. The lowest BCUT2D eigenvalue weighted by Crippen LogP contribution is -2.18. The molecule has 3 aromatic rings. The SMILES string of the molecule is CCCS(=O)(=O)Nc1ccc(F)c([C@@H](O)c2c[nH]c3ncc(Cl)cc23)c1F. The summed E-state index contributed by atoms with van der Waals surface area (Å²) in [5, 5.41) is 11.3. The number of fused-ring (bicyclic) bond motifs is 1. The van der Waals surface area contributed by atoms with Crippen LogP contribution >= 0.6 is 11.6 Å². The van der Waals surface area contributed by atoms with Crippen molar-refractivity contribution in [1.29, 1.82) is 0 Å². The first-order chi connectivity index (χ1) is 12.7. The summed E-state index contributed by atoms with van der Waals surface area (Å²) in [7, 11) is -3.78. The minimum Gasteiger partial charge on any atom is -0.383 e. The smallest absolute Gasteiger partial charge is 0.232 e. The third-order valence-electron chi connectivity index (χ3n) is 3.96. The van der Waals surface area contributed by atoms with E-state index in [0.717, 1.165) is 12.1 Å². The second kappa shape index (κ2) is 7.41. The molecular formula is C17H16ClF2N3O3S. The quantitative estimate of drug-likeness (QED) is 0.571. The number of nitrogens with one attached hydrogen (secondary N) is 2. The molecular weight excluding hydrogens is 400 g/mol. The number of aromatic amines is 1. The molecule has 0 saturated carbocycles. The average Bonchev–Trinajstić information content (AvgIpc) is 3.00. The van der Waals surface area contributed by atoms with E-state index in [4.69, 9.17) is 11.6 Å². The number of aromatic nitrogens is 2. The molecule has 0 unspecified atom stereocenters. The Labute approximate surface area is 159 Å². The topological polar surface area (TPSA) is 95.1 Å². The maximum absolute atomic E-state index is 14.8. The van der Waals surface area contributed by atoms with E-state index in [0.29, 0.717) is 17.5 Å². The van der Waals surface area contributed by atoms with E-state index >= 15 is 0 Å². The lowest BCUT2D eigenvalue weighted by Gasteiger charge is -2.16. The number of pyridine rings is 1. The van der Waals surface area contributed by atoms with Gasteiger partial charge in [-0.3, -0.25) is 4.72 Å². The van der Waals surface area contributed by atoms with E-state index in [-0.39, 0.29) is 16.3 Å². The number of rotatable bonds is 6. The normalized spacial score (nSPS) is 13.1. The van der Waals surface area contributed by atoms with Crippen LogP contribution < -0.4 is 4.72 Å². The molecule has 1 aromatic carbocycles. The lowest BCUT2D eigenvalue weighted by atomic mass is 10.00. The molecule has 6 nitrogen and oxygen atoms in total. The van der Waals surface area contributed by atoms with Gasteiger partial charge in [-0.25, -0.2) is 22.2 Å². The standard InChI is InChI=1S/C17H16ClF2N3O3S/c1-2-5-27(25,26)23-13-4-3-12(19)14(15(13)20)16(24)11-8-22-17-10(11)6-9(18)7-21-17/h3-4,6-8,16,23-24H,2,5H2,1H3,(H,21,22)/t16-/m0/s1. The number of halogens is 3. The Hall–Kier alpha value is -2.23. The van der Waals surface area contributed by atoms with Crippen LogP contribution in [0.4, 0.5) is 14.5 Å². The molecule has 10 heteroatoms. The highest BCUT2D eigenvalue weighted by Gasteiger charge is 2.26. The molecule has 27 heavy (non-hydrogen) atoms. The first kappa shape index (κ1) is 19.5. The molecule has 0 aliphatic rings. The van der Waals surface area contributed by atoms with Crippen LogP contribution in [0, 0.1) is 11.6 Å². The van der Waals surface area contributed by atoms with Crippen LogP contribution in [0.5, 0.6) is 0 Å². The van der Waals surface area contributed by atoms with Crippen molar-refractivity contribution in [2.45, 2.75) is 19.4 Å². The molecule has 0 spiro atoms. The number of benzene rings is 1. The summed E-state index contributed by atoms with van der Waals surface area (Å²) in [6, 6.07) is 3.37. The monoisotopic (exact) mass is 415 g/mol. The second-order valence-electron chi connectivity index (χ2n) is 5.94. The van der Waals surface area contributed by atoms with Crippen LogP contribution in [-0.4, -0.2) is 29.2 Å². The van der Waals surface area contributed by atoms with E-state index < -0.39 is 39.0 Å². The van der Waals surface area contributed by atoms with Gasteiger partial charge in [-0.2, -0.15) is 0 Å². The van der Waals surface area contributed by atoms with Gasteiger partial charge in [-0.1, -0.05) is 18.5 Å². The van der Waals surface area contributed by atoms with Gasteiger partial charge in [-0.15, -0.1) is 0 Å². The van der Waals surface area contributed by atoms with Gasteiger partial charge in [0.15, 0.2) is 5.82 Å². The molecule has 0 aliphatic carbocycles. The third-order valence-corrected chi connectivity index (χ3v) is 5.65. The van der Waals surface area contributed by atoms with Crippen molar-refractivity contribution in [2.75, 3.05) is 10.5 Å². The van der Waals surface area contributed by atoms with E-state index in [1.807, 2.05) is 0 Å². The zero-order valence-electron chi connectivity index (χ0n) is 14.1. The number of nitrogens with zero attached hydrogens (tertiary/aromatic N) is 1. The van der Waals surface area contributed by atoms with Crippen molar-refractivity contribution < 1.29 is 22.3 Å². The Balaban J connectivity index is 2.07. The molecule has 0 radical (unpaired) electrons. The number of H-pyrrole nitrogens is 1. The summed E-state index contributed by atoms with van der Waals surface area (Å²) in [4.78, 5) is 6.82. The highest BCUT2D eigenvalue weighted by atomic mass is 35.5. The van der Waals surface area contributed by atoms with Gasteiger partial charge in [0.25, 0.3) is 0 Å². The fourth-order valence-corrected chi connectivity index (χ4v) is 4.06. The van der Waals surface area contributed by atoms with Crippen LogP contribution in [0.2, 0.25) is 5.02 Å². The molecule has 2 aromatic heterocycles. The summed E-state index contributed by atoms with van der Waals surface area (Å²) in [6.45, 7) is 1.66. The molecule has 1 atom stereocenters. The zero-order chi connectivity index (χ0) is 19.8. The summed E-state index contributed by atoms with van der Waals surface area (Å²) < 4.78 is 55.0. The summed E-state index contributed by atoms with van der Waals surface area (Å²) in [5.41, 5.74) is -0.567. The Morgan fingerprint density at radius 2 is 2.11 bits per heavy atom. The van der Waals surface area contributed by atoms with Crippen molar-refractivity contribution in [3.63, 3.8) is 0 Å². The van der Waals surface area contributed by atoms with E-state index in [1.165, 1.54) is 18.5 Å². The maximum atomic E-state index is 14.8. The van der Waals surface area contributed by atoms with Crippen molar-refractivity contribution in [1.82, 2.24) is 9.97 Å². The number of hydrogen-bond acceptors (Lipinski definition) is 4. The van der Waals surface area contributed by atoms with Crippen molar-refractivity contribution in [3.8, 4) is 0 Å². The van der Waals surface area contributed by atoms with Gasteiger partial charge in [0.2, 0.25) is 10.0 Å². The maximum Gasteiger partial charge on any atom is 0.232 e. The molecule has 0 amide bonds. The number of sulfonamides is 1. The minimum absolute atomic E-state index is 0.159. The van der Waals surface area contributed by atoms with E-state index in [2.05, 4.69) is 14.7 Å². The molecule has 0 saturated heterocycles. The fourth-order valence-electron chi connectivity index (χ4n) is 2.77. The molecule has 3 rings (SSSR count). The van der Waals surface area contributed by atoms with E-state index in [9.17, 15) is 22.3 Å².